The lowest BCUT2D eigenvalue weighted by atomic mass is 10.2. The Labute approximate surface area is 154 Å². The molecule has 2 aliphatic heterocycles. The highest BCUT2D eigenvalue weighted by Gasteiger charge is 2.33. The fraction of sp³-hybridized carbons (Fsp3) is 0.600. The first-order valence-corrected chi connectivity index (χ1v) is 9.85. The lowest BCUT2D eigenvalue weighted by Crippen LogP contribution is -2.40. The van der Waals surface area contributed by atoms with Crippen LogP contribution >= 0.6 is 0 Å². The Balaban J connectivity index is 1.46. The summed E-state index contributed by atoms with van der Waals surface area (Å²) in [5.74, 6) is 1.19. The molecule has 0 aliphatic carbocycles. The minimum atomic E-state index is 0.0828. The van der Waals surface area contributed by atoms with Gasteiger partial charge in [0, 0.05) is 26.2 Å². The molecular weight excluding hydrogens is 328 g/mol. The van der Waals surface area contributed by atoms with Crippen LogP contribution < -0.4 is 5.32 Å². The summed E-state index contributed by atoms with van der Waals surface area (Å²) in [6.07, 6.45) is 4.51. The smallest absolute Gasteiger partial charge is 0.237 e. The third-order valence-corrected chi connectivity index (χ3v) is 5.54. The number of benzene rings is 1. The molecule has 6 heteroatoms. The first-order valence-electron chi connectivity index (χ1n) is 9.85. The standard InChI is InChI=1S/C20H28N4O2/c1-2-23-17-9-4-3-8-16(17)22-20(23)18-10-5-11-24(18)19(25)14-21-13-15-7-6-12-26-15/h3-4,8-9,15,18,21H,2,5-7,10-14H2,1H3/t15-,18-/m1/s1. The van der Waals surface area contributed by atoms with Gasteiger partial charge in [-0.2, -0.15) is 0 Å². The number of fused-ring (bicyclic) bond motifs is 1. The van der Waals surface area contributed by atoms with Crippen LogP contribution in [0.3, 0.4) is 0 Å². The molecule has 0 unspecified atom stereocenters. The van der Waals surface area contributed by atoms with E-state index in [4.69, 9.17) is 9.72 Å². The number of aryl methyl sites for hydroxylation is 1. The minimum Gasteiger partial charge on any atom is -0.377 e. The second-order valence-corrected chi connectivity index (χ2v) is 7.21. The van der Waals surface area contributed by atoms with Crippen LogP contribution in [0.2, 0.25) is 0 Å². The van der Waals surface area contributed by atoms with Gasteiger partial charge in [0.15, 0.2) is 0 Å². The van der Waals surface area contributed by atoms with Crippen LogP contribution in [0.15, 0.2) is 24.3 Å². The zero-order valence-corrected chi connectivity index (χ0v) is 15.5. The SMILES string of the molecule is CCn1c([C@H]2CCCN2C(=O)CNC[C@H]2CCCO2)nc2ccccc21. The molecule has 0 saturated carbocycles. The van der Waals surface area contributed by atoms with Crippen molar-refractivity contribution in [1.82, 2.24) is 19.8 Å². The van der Waals surface area contributed by atoms with Crippen molar-refractivity contribution in [3.63, 3.8) is 0 Å². The molecule has 2 aliphatic rings. The molecule has 1 amide bonds. The Kier molecular flexibility index (Phi) is 5.22. The summed E-state index contributed by atoms with van der Waals surface area (Å²) < 4.78 is 7.87. The number of para-hydroxylation sites is 2. The highest BCUT2D eigenvalue weighted by atomic mass is 16.5. The number of hydrogen-bond acceptors (Lipinski definition) is 4. The molecule has 1 N–H and O–H groups in total. The number of hydrogen-bond donors (Lipinski definition) is 1. The number of rotatable bonds is 6. The van der Waals surface area contributed by atoms with Crippen molar-refractivity contribution in [2.75, 3.05) is 26.2 Å². The van der Waals surface area contributed by atoms with Crippen LogP contribution in [0, 0.1) is 0 Å². The summed E-state index contributed by atoms with van der Waals surface area (Å²) in [7, 11) is 0. The van der Waals surface area contributed by atoms with Crippen molar-refractivity contribution in [2.45, 2.75) is 51.3 Å². The molecule has 0 bridgehead atoms. The maximum atomic E-state index is 12.8. The van der Waals surface area contributed by atoms with Gasteiger partial charge in [-0.15, -0.1) is 0 Å². The average Bonchev–Trinajstić information content (AvgIpc) is 3.39. The normalized spacial score (nSPS) is 23.2. The van der Waals surface area contributed by atoms with E-state index in [-0.39, 0.29) is 18.1 Å². The first kappa shape index (κ1) is 17.5. The topological polar surface area (TPSA) is 59.4 Å². The van der Waals surface area contributed by atoms with E-state index in [1.54, 1.807) is 0 Å². The van der Waals surface area contributed by atoms with Crippen LogP contribution in [-0.2, 0) is 16.1 Å². The molecule has 2 atom stereocenters. The van der Waals surface area contributed by atoms with Crippen LogP contribution in [0.4, 0.5) is 0 Å². The number of likely N-dealkylation sites (tertiary alicyclic amines) is 1. The van der Waals surface area contributed by atoms with Gasteiger partial charge in [-0.05, 0) is 44.7 Å². The van der Waals surface area contributed by atoms with Gasteiger partial charge in [-0.3, -0.25) is 4.79 Å². The van der Waals surface area contributed by atoms with Crippen molar-refractivity contribution in [1.29, 1.82) is 0 Å². The summed E-state index contributed by atoms with van der Waals surface area (Å²) in [5, 5.41) is 3.29. The van der Waals surface area contributed by atoms with E-state index >= 15 is 0 Å². The average molecular weight is 356 g/mol. The lowest BCUT2D eigenvalue weighted by Gasteiger charge is -2.25. The zero-order valence-electron chi connectivity index (χ0n) is 15.5. The molecule has 2 aromatic rings. The van der Waals surface area contributed by atoms with Crippen molar-refractivity contribution in [3.05, 3.63) is 30.1 Å². The van der Waals surface area contributed by atoms with E-state index in [0.717, 1.165) is 68.8 Å². The second-order valence-electron chi connectivity index (χ2n) is 7.21. The fourth-order valence-corrected chi connectivity index (χ4v) is 4.26. The number of nitrogens with zero attached hydrogens (tertiary/aromatic N) is 3. The number of carbonyl (C=O) groups excluding carboxylic acids is 1. The van der Waals surface area contributed by atoms with Crippen molar-refractivity contribution in [3.8, 4) is 0 Å². The summed E-state index contributed by atoms with van der Waals surface area (Å²) in [6, 6.07) is 8.31. The Morgan fingerprint density at radius 1 is 1.31 bits per heavy atom. The Morgan fingerprint density at radius 3 is 3.00 bits per heavy atom. The number of ether oxygens (including phenoxy) is 1. The molecule has 2 fully saturated rings. The van der Waals surface area contributed by atoms with Gasteiger partial charge in [0.25, 0.3) is 0 Å². The molecule has 3 heterocycles. The molecule has 1 aromatic heterocycles. The van der Waals surface area contributed by atoms with Crippen molar-refractivity contribution in [2.24, 2.45) is 0 Å². The molecule has 6 nitrogen and oxygen atoms in total. The number of nitrogens with one attached hydrogen (secondary N) is 1. The van der Waals surface area contributed by atoms with Gasteiger partial charge < -0.3 is 19.5 Å². The fourth-order valence-electron chi connectivity index (χ4n) is 4.26. The Hall–Kier alpha value is -1.92. The van der Waals surface area contributed by atoms with Crippen LogP contribution in [0.1, 0.15) is 44.5 Å². The van der Waals surface area contributed by atoms with Gasteiger partial charge in [0.1, 0.15) is 5.82 Å². The quantitative estimate of drug-likeness (QED) is 0.864. The van der Waals surface area contributed by atoms with E-state index in [9.17, 15) is 4.79 Å². The highest BCUT2D eigenvalue weighted by Crippen LogP contribution is 2.33. The van der Waals surface area contributed by atoms with Gasteiger partial charge in [0.05, 0.1) is 29.7 Å². The molecule has 0 spiro atoms. The molecule has 1 aromatic carbocycles. The van der Waals surface area contributed by atoms with Crippen LogP contribution in [0.5, 0.6) is 0 Å². The number of amides is 1. The third-order valence-electron chi connectivity index (χ3n) is 5.54. The highest BCUT2D eigenvalue weighted by molar-refractivity contribution is 5.80. The molecule has 4 rings (SSSR count). The van der Waals surface area contributed by atoms with E-state index in [2.05, 4.69) is 28.9 Å². The van der Waals surface area contributed by atoms with E-state index in [1.165, 1.54) is 0 Å². The number of aromatic nitrogens is 2. The summed E-state index contributed by atoms with van der Waals surface area (Å²) in [4.78, 5) is 19.7. The molecule has 0 radical (unpaired) electrons. The second kappa shape index (κ2) is 7.76. The number of carbonyl (C=O) groups is 1. The monoisotopic (exact) mass is 356 g/mol. The van der Waals surface area contributed by atoms with Gasteiger partial charge in [0.2, 0.25) is 5.91 Å². The summed E-state index contributed by atoms with van der Waals surface area (Å²) in [6.45, 7) is 5.81. The lowest BCUT2D eigenvalue weighted by molar-refractivity contribution is -0.131. The largest absolute Gasteiger partial charge is 0.377 e. The predicted molar refractivity (Wildman–Crippen MR) is 101 cm³/mol. The first-order chi connectivity index (χ1) is 12.8. The van der Waals surface area contributed by atoms with E-state index in [1.807, 2.05) is 17.0 Å². The maximum Gasteiger partial charge on any atom is 0.237 e. The molecule has 26 heavy (non-hydrogen) atoms. The maximum absolute atomic E-state index is 12.8. The van der Waals surface area contributed by atoms with Crippen molar-refractivity contribution >= 4 is 16.9 Å². The van der Waals surface area contributed by atoms with E-state index < -0.39 is 0 Å². The van der Waals surface area contributed by atoms with Crippen molar-refractivity contribution < 1.29 is 9.53 Å². The third kappa shape index (κ3) is 3.35. The Morgan fingerprint density at radius 2 is 2.19 bits per heavy atom. The molecular formula is C20H28N4O2. The predicted octanol–water partition coefficient (Wildman–Crippen LogP) is 2.49. The molecule has 140 valence electrons. The number of imidazole rings is 1. The zero-order chi connectivity index (χ0) is 17.9. The summed E-state index contributed by atoms with van der Waals surface area (Å²) >= 11 is 0. The van der Waals surface area contributed by atoms with Gasteiger partial charge in [-0.1, -0.05) is 12.1 Å². The molecule has 2 saturated heterocycles. The van der Waals surface area contributed by atoms with Gasteiger partial charge >= 0.3 is 0 Å². The van der Waals surface area contributed by atoms with E-state index in [0.29, 0.717) is 6.54 Å². The Bertz CT molecular complexity index is 766. The minimum absolute atomic E-state index is 0.0828. The van der Waals surface area contributed by atoms with Crippen LogP contribution in [0.25, 0.3) is 11.0 Å². The summed E-state index contributed by atoms with van der Waals surface area (Å²) in [5.41, 5.74) is 2.17. The van der Waals surface area contributed by atoms with Gasteiger partial charge in [-0.25, -0.2) is 4.98 Å². The van der Waals surface area contributed by atoms with Crippen LogP contribution in [-0.4, -0.2) is 52.7 Å².